The molecule has 0 saturated heterocycles. The molecule has 0 saturated carbocycles. The van der Waals surface area contributed by atoms with Gasteiger partial charge in [-0.3, -0.25) is 9.59 Å². The van der Waals surface area contributed by atoms with Crippen molar-refractivity contribution in [3.8, 4) is 5.75 Å². The van der Waals surface area contributed by atoms with E-state index in [9.17, 15) is 22.8 Å². The zero-order valence-corrected chi connectivity index (χ0v) is 10.2. The minimum atomic E-state index is -2.74. The Morgan fingerprint density at radius 3 is 2.60 bits per heavy atom. The van der Waals surface area contributed by atoms with Crippen molar-refractivity contribution in [3.63, 3.8) is 0 Å². The fraction of sp³-hybridized carbons (Fsp3) is 0.333. The van der Waals surface area contributed by atoms with Gasteiger partial charge in [-0.25, -0.2) is 13.2 Å². The third-order valence-electron chi connectivity index (χ3n) is 2.15. The van der Waals surface area contributed by atoms with E-state index in [1.807, 2.05) is 0 Å². The Labute approximate surface area is 112 Å². The number of anilines is 1. The molecule has 0 radical (unpaired) electrons. The second-order valence-corrected chi connectivity index (χ2v) is 3.78. The largest absolute Gasteiger partial charge is 0.485 e. The highest BCUT2D eigenvalue weighted by Crippen LogP contribution is 2.26. The molecule has 110 valence electrons. The molecule has 5 nitrogen and oxygen atoms in total. The van der Waals surface area contributed by atoms with E-state index >= 15 is 0 Å². The van der Waals surface area contributed by atoms with E-state index < -0.39 is 30.7 Å². The highest BCUT2D eigenvalue weighted by molar-refractivity contribution is 5.93. The summed E-state index contributed by atoms with van der Waals surface area (Å²) in [5.41, 5.74) is 0.00226. The highest BCUT2D eigenvalue weighted by atomic mass is 19.3. The first-order chi connectivity index (χ1) is 9.38. The van der Waals surface area contributed by atoms with Crippen LogP contribution in [0.25, 0.3) is 0 Å². The van der Waals surface area contributed by atoms with E-state index in [-0.39, 0.29) is 24.3 Å². The van der Waals surface area contributed by atoms with Crippen molar-refractivity contribution in [1.29, 1.82) is 0 Å². The molecule has 0 bridgehead atoms. The number of hydrogen-bond donors (Lipinski definition) is 2. The van der Waals surface area contributed by atoms with Crippen LogP contribution in [0, 0.1) is 5.82 Å². The van der Waals surface area contributed by atoms with E-state index in [2.05, 4.69) is 10.1 Å². The Bertz CT molecular complexity index is 494. The van der Waals surface area contributed by atoms with Crippen molar-refractivity contribution in [3.05, 3.63) is 24.0 Å². The number of aliphatic carboxylic acids is 1. The van der Waals surface area contributed by atoms with Crippen LogP contribution in [-0.2, 0) is 9.59 Å². The number of ether oxygens (including phenoxy) is 1. The number of carboxylic acids is 1. The van der Waals surface area contributed by atoms with Crippen molar-refractivity contribution in [1.82, 2.24) is 0 Å². The average Bonchev–Trinajstić information content (AvgIpc) is 2.36. The number of nitrogens with one attached hydrogen (secondary N) is 1. The minimum Gasteiger partial charge on any atom is -0.485 e. The Balaban J connectivity index is 2.72. The average molecular weight is 291 g/mol. The maximum Gasteiger partial charge on any atom is 0.303 e. The Kier molecular flexibility index (Phi) is 5.82. The number of hydrogen-bond acceptors (Lipinski definition) is 3. The molecule has 0 unspecified atom stereocenters. The van der Waals surface area contributed by atoms with E-state index in [4.69, 9.17) is 5.11 Å². The number of benzene rings is 1. The van der Waals surface area contributed by atoms with Gasteiger partial charge in [0.25, 0.3) is 6.43 Å². The summed E-state index contributed by atoms with van der Waals surface area (Å²) in [4.78, 5) is 21.7. The first-order valence-electron chi connectivity index (χ1n) is 5.60. The topological polar surface area (TPSA) is 75.6 Å². The van der Waals surface area contributed by atoms with E-state index in [0.717, 1.165) is 18.2 Å². The summed E-state index contributed by atoms with van der Waals surface area (Å²) in [6, 6.07) is 3.02. The molecule has 2 N–H and O–H groups in total. The van der Waals surface area contributed by atoms with Gasteiger partial charge in [-0.15, -0.1) is 0 Å². The summed E-state index contributed by atoms with van der Waals surface area (Å²) in [5, 5.41) is 10.7. The molecular formula is C12H12F3NO4. The molecule has 20 heavy (non-hydrogen) atoms. The zero-order chi connectivity index (χ0) is 15.1. The SMILES string of the molecule is O=C(O)CCC(=O)Nc1ccc(F)cc1OCC(F)F. The fourth-order valence-corrected chi connectivity index (χ4v) is 1.30. The predicted molar refractivity (Wildman–Crippen MR) is 63.4 cm³/mol. The van der Waals surface area contributed by atoms with Gasteiger partial charge in [-0.05, 0) is 12.1 Å². The Morgan fingerprint density at radius 2 is 2.00 bits per heavy atom. The molecule has 8 heteroatoms. The number of rotatable bonds is 7. The quantitative estimate of drug-likeness (QED) is 0.808. The van der Waals surface area contributed by atoms with Crippen molar-refractivity contribution in [2.45, 2.75) is 19.3 Å². The van der Waals surface area contributed by atoms with Crippen LogP contribution in [0.5, 0.6) is 5.75 Å². The lowest BCUT2D eigenvalue weighted by atomic mass is 10.2. The minimum absolute atomic E-state index is 0.00226. The standard InChI is InChI=1S/C12H12F3NO4/c13-7-1-2-8(9(5-7)20-6-10(14)15)16-11(17)3-4-12(18)19/h1-2,5,10H,3-4,6H2,(H,16,17)(H,18,19). The lowest BCUT2D eigenvalue weighted by molar-refractivity contribution is -0.138. The first-order valence-corrected chi connectivity index (χ1v) is 5.60. The maximum absolute atomic E-state index is 13.0. The summed E-state index contributed by atoms with van der Waals surface area (Å²) in [6.45, 7) is -0.943. The van der Waals surface area contributed by atoms with Crippen LogP contribution >= 0.6 is 0 Å². The maximum atomic E-state index is 13.0. The van der Waals surface area contributed by atoms with Crippen LogP contribution < -0.4 is 10.1 Å². The van der Waals surface area contributed by atoms with Gasteiger partial charge < -0.3 is 15.2 Å². The van der Waals surface area contributed by atoms with Crippen LogP contribution in [0.2, 0.25) is 0 Å². The first kappa shape index (κ1) is 15.8. The van der Waals surface area contributed by atoms with Crippen molar-refractivity contribution >= 4 is 17.6 Å². The van der Waals surface area contributed by atoms with E-state index in [1.165, 1.54) is 0 Å². The molecule has 0 aliphatic heterocycles. The third kappa shape index (κ3) is 5.59. The fourth-order valence-electron chi connectivity index (χ4n) is 1.30. The molecule has 0 fully saturated rings. The van der Waals surface area contributed by atoms with Gasteiger partial charge in [0, 0.05) is 12.5 Å². The van der Waals surface area contributed by atoms with Crippen molar-refractivity contribution in [2.24, 2.45) is 0 Å². The number of carbonyl (C=O) groups is 2. The molecule has 1 aromatic rings. The van der Waals surface area contributed by atoms with Crippen LogP contribution in [0.3, 0.4) is 0 Å². The molecule has 0 aromatic heterocycles. The summed E-state index contributed by atoms with van der Waals surface area (Å²) in [7, 11) is 0. The smallest absolute Gasteiger partial charge is 0.303 e. The van der Waals surface area contributed by atoms with E-state index in [1.54, 1.807) is 0 Å². The molecule has 1 amide bonds. The van der Waals surface area contributed by atoms with Gasteiger partial charge in [0.15, 0.2) is 0 Å². The van der Waals surface area contributed by atoms with E-state index in [0.29, 0.717) is 0 Å². The Hall–Kier alpha value is -2.25. The molecule has 0 atom stereocenters. The summed E-state index contributed by atoms with van der Waals surface area (Å²) in [6.07, 6.45) is -3.41. The summed E-state index contributed by atoms with van der Waals surface area (Å²) in [5.74, 6) is -2.74. The van der Waals surface area contributed by atoms with Gasteiger partial charge in [0.2, 0.25) is 5.91 Å². The molecule has 1 rings (SSSR count). The molecule has 0 aliphatic carbocycles. The predicted octanol–water partition coefficient (Wildman–Crippen LogP) is 2.27. The Morgan fingerprint density at radius 1 is 1.30 bits per heavy atom. The number of carboxylic acid groups (broad SMARTS) is 1. The van der Waals surface area contributed by atoms with Crippen LogP contribution in [-0.4, -0.2) is 30.0 Å². The lowest BCUT2D eigenvalue weighted by Gasteiger charge is -2.12. The van der Waals surface area contributed by atoms with Gasteiger partial charge in [0.05, 0.1) is 12.1 Å². The molecule has 0 aliphatic rings. The number of halogens is 3. The third-order valence-corrected chi connectivity index (χ3v) is 2.15. The number of alkyl halides is 2. The van der Waals surface area contributed by atoms with Crippen LogP contribution in [0.15, 0.2) is 18.2 Å². The van der Waals surface area contributed by atoms with Crippen molar-refractivity contribution in [2.75, 3.05) is 11.9 Å². The van der Waals surface area contributed by atoms with Gasteiger partial charge in [-0.1, -0.05) is 0 Å². The molecular weight excluding hydrogens is 279 g/mol. The van der Waals surface area contributed by atoms with Gasteiger partial charge in [-0.2, -0.15) is 0 Å². The number of amides is 1. The van der Waals surface area contributed by atoms with Crippen LogP contribution in [0.4, 0.5) is 18.9 Å². The monoisotopic (exact) mass is 291 g/mol. The molecule has 0 heterocycles. The number of carbonyl (C=O) groups excluding carboxylic acids is 1. The summed E-state index contributed by atoms with van der Waals surface area (Å²) < 4.78 is 41.8. The molecule has 0 spiro atoms. The lowest BCUT2D eigenvalue weighted by Crippen LogP contribution is -2.15. The summed E-state index contributed by atoms with van der Waals surface area (Å²) >= 11 is 0. The zero-order valence-electron chi connectivity index (χ0n) is 10.2. The highest BCUT2D eigenvalue weighted by Gasteiger charge is 2.12. The second kappa shape index (κ2) is 7.37. The second-order valence-electron chi connectivity index (χ2n) is 3.78. The van der Waals surface area contributed by atoms with Gasteiger partial charge >= 0.3 is 5.97 Å². The van der Waals surface area contributed by atoms with Crippen molar-refractivity contribution < 1.29 is 32.6 Å². The van der Waals surface area contributed by atoms with Crippen LogP contribution in [0.1, 0.15) is 12.8 Å². The molecule has 1 aromatic carbocycles. The van der Waals surface area contributed by atoms with Gasteiger partial charge in [0.1, 0.15) is 18.2 Å². The normalized spacial score (nSPS) is 10.4.